The molecule has 0 aromatic rings. The maximum atomic E-state index is 10.3. The summed E-state index contributed by atoms with van der Waals surface area (Å²) in [7, 11) is 0. The molecule has 0 aromatic heterocycles. The van der Waals surface area contributed by atoms with Crippen LogP contribution in [0.15, 0.2) is 0 Å². The zero-order valence-corrected chi connectivity index (χ0v) is 5.94. The second-order valence-electron chi connectivity index (χ2n) is 1.60. The first-order valence-electron chi connectivity index (χ1n) is 1.29. The van der Waals surface area contributed by atoms with E-state index in [2.05, 4.69) is 0 Å². The van der Waals surface area contributed by atoms with E-state index in [0.29, 0.717) is 0 Å². The number of halogens is 1. The Morgan fingerprint density at radius 3 is 1.20 bits per heavy atom. The molecule has 0 N–H and O–H groups in total. The van der Waals surface area contributed by atoms with Gasteiger partial charge in [-0.25, -0.2) is 0 Å². The van der Waals surface area contributed by atoms with Crippen LogP contribution in [0.1, 0.15) is 0 Å². The molecule has 0 saturated carbocycles. The van der Waals surface area contributed by atoms with E-state index in [0.717, 1.165) is 0 Å². The molecule has 0 fully saturated rings. The average molecular weight is 188 g/mol. The molecular formula is C3H9IO. The fourth-order valence-corrected chi connectivity index (χ4v) is 0. The summed E-state index contributed by atoms with van der Waals surface area (Å²) in [5.41, 5.74) is 0. The molecule has 0 radical (unpaired) electrons. The molecule has 0 rings (SSSR count). The molecule has 0 amide bonds. The molecule has 0 aliphatic heterocycles. The van der Waals surface area contributed by atoms with Gasteiger partial charge in [0.1, 0.15) is 0 Å². The van der Waals surface area contributed by atoms with Crippen molar-refractivity contribution in [2.45, 2.75) is 0 Å². The van der Waals surface area contributed by atoms with Gasteiger partial charge in [-0.15, -0.1) is 0 Å². The topological polar surface area (TPSA) is 17.1 Å². The van der Waals surface area contributed by atoms with Crippen LogP contribution >= 0.6 is 18.4 Å². The molecule has 2 heteroatoms. The van der Waals surface area contributed by atoms with E-state index in [9.17, 15) is 3.07 Å². The first-order valence-corrected chi connectivity index (χ1v) is 8.64. The van der Waals surface area contributed by atoms with E-state index in [1.807, 2.05) is 14.8 Å². The molecule has 0 aliphatic carbocycles. The van der Waals surface area contributed by atoms with Crippen molar-refractivity contribution in [2.75, 3.05) is 14.8 Å². The third kappa shape index (κ3) is 103. The van der Waals surface area contributed by atoms with Crippen molar-refractivity contribution in [2.24, 2.45) is 0 Å². The monoisotopic (exact) mass is 188 g/mol. The van der Waals surface area contributed by atoms with Crippen molar-refractivity contribution in [3.63, 3.8) is 0 Å². The summed E-state index contributed by atoms with van der Waals surface area (Å²) in [5.74, 6) is 0. The summed E-state index contributed by atoms with van der Waals surface area (Å²) in [6, 6.07) is 0. The van der Waals surface area contributed by atoms with Gasteiger partial charge in [-0.3, -0.25) is 0 Å². The van der Waals surface area contributed by atoms with Crippen molar-refractivity contribution in [3.8, 4) is 0 Å². The summed E-state index contributed by atoms with van der Waals surface area (Å²) in [5, 5.41) is 0. The normalized spacial score (nSPS) is 15.0. The van der Waals surface area contributed by atoms with Gasteiger partial charge in [0.05, 0.1) is 0 Å². The standard InChI is InChI=1S/C3H9IO/c1-4(2,3)5/h1-3H3. The van der Waals surface area contributed by atoms with E-state index in [4.69, 9.17) is 0 Å². The van der Waals surface area contributed by atoms with Crippen LogP contribution in [0.25, 0.3) is 0 Å². The third-order valence-corrected chi connectivity index (χ3v) is 0. The Hall–Kier alpha value is 0.530. The number of rotatable bonds is 0. The third-order valence-electron chi connectivity index (χ3n) is 0. The van der Waals surface area contributed by atoms with Crippen LogP contribution in [0.5, 0.6) is 0 Å². The Labute approximate surface area is 36.7 Å². The summed E-state index contributed by atoms with van der Waals surface area (Å²) < 4.78 is 10.3. The molecule has 0 unspecified atom stereocenters. The van der Waals surface area contributed by atoms with Crippen molar-refractivity contribution >= 4 is 18.4 Å². The van der Waals surface area contributed by atoms with Crippen LogP contribution in [0, 0.1) is 0 Å². The van der Waals surface area contributed by atoms with E-state index < -0.39 is 18.4 Å². The van der Waals surface area contributed by atoms with E-state index >= 15 is 0 Å². The van der Waals surface area contributed by atoms with Crippen molar-refractivity contribution in [1.29, 1.82) is 0 Å². The predicted octanol–water partition coefficient (Wildman–Crippen LogP) is 1.26. The van der Waals surface area contributed by atoms with Crippen LogP contribution in [0.3, 0.4) is 0 Å². The number of hydrogen-bond donors (Lipinski definition) is 0. The van der Waals surface area contributed by atoms with Gasteiger partial charge in [0, 0.05) is 0 Å². The Morgan fingerprint density at radius 2 is 1.20 bits per heavy atom. The molecule has 1 nitrogen and oxygen atoms in total. The van der Waals surface area contributed by atoms with E-state index in [-0.39, 0.29) is 0 Å². The van der Waals surface area contributed by atoms with Gasteiger partial charge in [0.15, 0.2) is 0 Å². The zero-order chi connectivity index (χ0) is 4.50. The van der Waals surface area contributed by atoms with Gasteiger partial charge in [-0.1, -0.05) is 0 Å². The fraction of sp³-hybridized carbons (Fsp3) is 1.00. The van der Waals surface area contributed by atoms with Crippen LogP contribution in [0.4, 0.5) is 0 Å². The van der Waals surface area contributed by atoms with Gasteiger partial charge in [-0.05, 0) is 0 Å². The number of hydrogen-bond acceptors (Lipinski definition) is 1. The van der Waals surface area contributed by atoms with Crippen molar-refractivity contribution in [3.05, 3.63) is 0 Å². The molecule has 0 atom stereocenters. The first kappa shape index (κ1) is 5.53. The molecule has 0 saturated heterocycles. The van der Waals surface area contributed by atoms with Crippen LogP contribution in [-0.2, 0) is 3.07 Å². The van der Waals surface area contributed by atoms with Gasteiger partial charge in [0.25, 0.3) is 0 Å². The van der Waals surface area contributed by atoms with Crippen molar-refractivity contribution in [1.82, 2.24) is 0 Å². The summed E-state index contributed by atoms with van der Waals surface area (Å²) in [6.45, 7) is 0. The molecule has 0 aromatic carbocycles. The predicted molar refractivity (Wildman–Crippen MR) is 32.5 cm³/mol. The Balaban J connectivity index is 3.47. The quantitative estimate of drug-likeness (QED) is 0.413. The molecular weight excluding hydrogens is 179 g/mol. The molecule has 0 heterocycles. The molecule has 0 aliphatic rings. The minimum atomic E-state index is -2.19. The first-order chi connectivity index (χ1) is 2.00. The Morgan fingerprint density at radius 1 is 1.20 bits per heavy atom. The SMILES string of the molecule is CI(C)(C)=O. The summed E-state index contributed by atoms with van der Waals surface area (Å²) in [4.78, 5) is 5.44. The molecule has 34 valence electrons. The molecule has 0 bridgehead atoms. The van der Waals surface area contributed by atoms with Crippen LogP contribution in [0.2, 0.25) is 0 Å². The van der Waals surface area contributed by atoms with Crippen LogP contribution in [-0.4, -0.2) is 14.8 Å². The fourth-order valence-electron chi connectivity index (χ4n) is 0. The molecule has 5 heavy (non-hydrogen) atoms. The summed E-state index contributed by atoms with van der Waals surface area (Å²) in [6.07, 6.45) is 0. The Kier molecular flexibility index (Phi) is 1.46. The van der Waals surface area contributed by atoms with Crippen LogP contribution < -0.4 is 0 Å². The Bertz CT molecular complexity index is 53.0. The second kappa shape index (κ2) is 1.32. The summed E-state index contributed by atoms with van der Waals surface area (Å²) >= 11 is -2.19. The van der Waals surface area contributed by atoms with E-state index in [1.54, 1.807) is 0 Å². The molecule has 0 spiro atoms. The van der Waals surface area contributed by atoms with Gasteiger partial charge >= 0.3 is 36.3 Å². The van der Waals surface area contributed by atoms with Crippen molar-refractivity contribution < 1.29 is 3.07 Å². The maximum absolute atomic E-state index is 10.3. The van der Waals surface area contributed by atoms with Gasteiger partial charge in [0.2, 0.25) is 0 Å². The average Bonchev–Trinajstić information content (AvgIpc) is 0.722. The van der Waals surface area contributed by atoms with E-state index in [1.165, 1.54) is 0 Å². The minimum absolute atomic E-state index is 1.81. The van der Waals surface area contributed by atoms with Gasteiger partial charge < -0.3 is 0 Å². The second-order valence-corrected chi connectivity index (χ2v) is 10.7. The number of alkyl halides is 3. The zero-order valence-electron chi connectivity index (χ0n) is 3.79. The van der Waals surface area contributed by atoms with Gasteiger partial charge in [-0.2, -0.15) is 0 Å².